The van der Waals surface area contributed by atoms with Gasteiger partial charge in [0, 0.05) is 6.42 Å². The topological polar surface area (TPSA) is 75.7 Å². The van der Waals surface area contributed by atoms with Gasteiger partial charge >= 0.3 is 0 Å². The fraction of sp³-hybridized carbons (Fsp3) is 0.667. The number of hydrogen-bond acceptors (Lipinski definition) is 3. The number of nitrogens with zero attached hydrogens (tertiary/aromatic N) is 1. The number of primary amides is 1. The van der Waals surface area contributed by atoms with Crippen molar-refractivity contribution in [2.75, 3.05) is 0 Å². The average molecular weight is 144 g/mol. The molecule has 0 aromatic rings. The van der Waals surface area contributed by atoms with Crippen molar-refractivity contribution in [3.8, 4) is 0 Å². The molecule has 10 heavy (non-hydrogen) atoms. The summed E-state index contributed by atoms with van der Waals surface area (Å²) in [5.41, 5.74) is 4.90. The number of amides is 1. The van der Waals surface area contributed by atoms with E-state index in [1.807, 2.05) is 13.8 Å². The molecule has 4 nitrogen and oxygen atoms in total. The van der Waals surface area contributed by atoms with E-state index < -0.39 is 5.91 Å². The second-order valence-electron chi connectivity index (χ2n) is 2.51. The molecule has 0 aromatic carbocycles. The predicted molar refractivity (Wildman–Crippen MR) is 37.9 cm³/mol. The Morgan fingerprint density at radius 3 is 2.30 bits per heavy atom. The van der Waals surface area contributed by atoms with Crippen LogP contribution in [0.5, 0.6) is 0 Å². The number of nitrogens with two attached hydrogens (primary N) is 1. The average Bonchev–Trinajstić information content (AvgIpc) is 1.81. The number of oxime groups is 1. The van der Waals surface area contributed by atoms with Gasteiger partial charge in [-0.2, -0.15) is 0 Å². The minimum absolute atomic E-state index is 0.0370. The number of carbonyl (C=O) groups is 1. The molecular formula is C6H12N2O2. The Hall–Kier alpha value is -1.06. The lowest BCUT2D eigenvalue weighted by molar-refractivity contribution is -0.112. The summed E-state index contributed by atoms with van der Waals surface area (Å²) in [5.74, 6) is -0.380. The number of carbonyl (C=O) groups excluding carboxylic acids is 1. The molecule has 0 saturated carbocycles. The normalized spacial score (nSPS) is 12.1. The highest BCUT2D eigenvalue weighted by atomic mass is 16.4. The quantitative estimate of drug-likeness (QED) is 0.340. The molecule has 3 N–H and O–H groups in total. The highest BCUT2D eigenvalue weighted by Crippen LogP contribution is 2.00. The first kappa shape index (κ1) is 8.94. The molecule has 4 heteroatoms. The molecular weight excluding hydrogens is 132 g/mol. The molecule has 0 radical (unpaired) electrons. The summed E-state index contributed by atoms with van der Waals surface area (Å²) in [6.45, 7) is 3.82. The Labute approximate surface area is 59.7 Å². The first-order valence-electron chi connectivity index (χ1n) is 3.08. The highest BCUT2D eigenvalue weighted by molar-refractivity contribution is 6.38. The second kappa shape index (κ2) is 3.87. The van der Waals surface area contributed by atoms with Crippen LogP contribution >= 0.6 is 0 Å². The van der Waals surface area contributed by atoms with Crippen LogP contribution in [0.3, 0.4) is 0 Å². The van der Waals surface area contributed by atoms with Gasteiger partial charge in [0.15, 0.2) is 0 Å². The zero-order valence-electron chi connectivity index (χ0n) is 6.16. The Bertz CT molecular complexity index is 152. The van der Waals surface area contributed by atoms with Crippen LogP contribution in [0.4, 0.5) is 0 Å². The van der Waals surface area contributed by atoms with Gasteiger partial charge in [0.1, 0.15) is 5.71 Å². The van der Waals surface area contributed by atoms with Crippen LogP contribution in [-0.4, -0.2) is 16.8 Å². The summed E-state index contributed by atoms with van der Waals surface area (Å²) < 4.78 is 0. The van der Waals surface area contributed by atoms with E-state index in [0.717, 1.165) is 0 Å². The minimum Gasteiger partial charge on any atom is -0.410 e. The third kappa shape index (κ3) is 3.06. The number of hydrogen-bond donors (Lipinski definition) is 2. The van der Waals surface area contributed by atoms with Crippen LogP contribution < -0.4 is 5.73 Å². The lowest BCUT2D eigenvalue weighted by Crippen LogP contribution is -2.24. The summed E-state index contributed by atoms with van der Waals surface area (Å²) in [6, 6.07) is 0. The van der Waals surface area contributed by atoms with E-state index in [-0.39, 0.29) is 11.6 Å². The van der Waals surface area contributed by atoms with Gasteiger partial charge in [-0.3, -0.25) is 4.79 Å². The zero-order valence-corrected chi connectivity index (χ0v) is 6.16. The van der Waals surface area contributed by atoms with Gasteiger partial charge in [0.2, 0.25) is 0 Å². The molecule has 0 aliphatic rings. The van der Waals surface area contributed by atoms with Gasteiger partial charge in [0.25, 0.3) is 5.91 Å². The summed E-state index contributed by atoms with van der Waals surface area (Å²) in [7, 11) is 0. The lowest BCUT2D eigenvalue weighted by Gasteiger charge is -2.01. The molecule has 0 fully saturated rings. The molecule has 0 aliphatic heterocycles. The van der Waals surface area contributed by atoms with Crippen molar-refractivity contribution >= 4 is 11.6 Å². The molecule has 1 amide bonds. The Balaban J connectivity index is 3.99. The van der Waals surface area contributed by atoms with Crippen LogP contribution in [0.15, 0.2) is 5.16 Å². The van der Waals surface area contributed by atoms with Gasteiger partial charge < -0.3 is 10.9 Å². The summed E-state index contributed by atoms with van der Waals surface area (Å²) >= 11 is 0. The fourth-order valence-electron chi connectivity index (χ4n) is 0.577. The largest absolute Gasteiger partial charge is 0.410 e. The first-order chi connectivity index (χ1) is 4.57. The fourth-order valence-corrected chi connectivity index (χ4v) is 0.577. The van der Waals surface area contributed by atoms with Crippen LogP contribution in [0.1, 0.15) is 20.3 Å². The highest BCUT2D eigenvalue weighted by Gasteiger charge is 2.08. The molecule has 0 atom stereocenters. The van der Waals surface area contributed by atoms with E-state index in [1.54, 1.807) is 0 Å². The minimum atomic E-state index is -0.656. The van der Waals surface area contributed by atoms with Gasteiger partial charge in [-0.25, -0.2) is 0 Å². The van der Waals surface area contributed by atoms with E-state index in [1.165, 1.54) is 0 Å². The van der Waals surface area contributed by atoms with Gasteiger partial charge in [0.05, 0.1) is 0 Å². The van der Waals surface area contributed by atoms with Crippen molar-refractivity contribution in [3.05, 3.63) is 0 Å². The van der Waals surface area contributed by atoms with Gasteiger partial charge in [-0.1, -0.05) is 19.0 Å². The van der Waals surface area contributed by atoms with Crippen LogP contribution in [0.25, 0.3) is 0 Å². The SMILES string of the molecule is CC(C)C/C(=N/O)C(N)=O. The molecule has 0 rings (SSSR count). The molecule has 0 spiro atoms. The van der Waals surface area contributed by atoms with E-state index in [0.29, 0.717) is 6.42 Å². The monoisotopic (exact) mass is 144 g/mol. The van der Waals surface area contributed by atoms with Crippen molar-refractivity contribution in [2.45, 2.75) is 20.3 Å². The summed E-state index contributed by atoms with van der Waals surface area (Å²) in [5, 5.41) is 11.0. The molecule has 0 heterocycles. The predicted octanol–water partition coefficient (Wildman–Crippen LogP) is 0.348. The smallest absolute Gasteiger partial charge is 0.266 e. The Morgan fingerprint density at radius 2 is 2.20 bits per heavy atom. The van der Waals surface area contributed by atoms with Crippen molar-refractivity contribution in [2.24, 2.45) is 16.8 Å². The lowest BCUT2D eigenvalue weighted by atomic mass is 10.1. The third-order valence-corrected chi connectivity index (χ3v) is 1.01. The molecule has 0 saturated heterocycles. The first-order valence-corrected chi connectivity index (χ1v) is 3.08. The molecule has 0 bridgehead atoms. The molecule has 58 valence electrons. The maximum absolute atomic E-state index is 10.4. The second-order valence-corrected chi connectivity index (χ2v) is 2.51. The Kier molecular flexibility index (Phi) is 3.46. The maximum atomic E-state index is 10.4. The number of rotatable bonds is 3. The van der Waals surface area contributed by atoms with Crippen LogP contribution in [0, 0.1) is 5.92 Å². The van der Waals surface area contributed by atoms with Crippen LogP contribution in [0.2, 0.25) is 0 Å². The summed E-state index contributed by atoms with van der Waals surface area (Å²) in [4.78, 5) is 10.4. The maximum Gasteiger partial charge on any atom is 0.266 e. The molecule has 0 unspecified atom stereocenters. The van der Waals surface area contributed by atoms with E-state index in [2.05, 4.69) is 5.16 Å². The van der Waals surface area contributed by atoms with E-state index in [4.69, 9.17) is 10.9 Å². The van der Waals surface area contributed by atoms with Crippen LogP contribution in [-0.2, 0) is 4.79 Å². The van der Waals surface area contributed by atoms with Gasteiger partial charge in [-0.15, -0.1) is 0 Å². The van der Waals surface area contributed by atoms with E-state index in [9.17, 15) is 4.79 Å². The molecule has 0 aliphatic carbocycles. The molecule has 0 aromatic heterocycles. The van der Waals surface area contributed by atoms with Crippen molar-refractivity contribution < 1.29 is 10.0 Å². The Morgan fingerprint density at radius 1 is 1.70 bits per heavy atom. The van der Waals surface area contributed by atoms with Gasteiger partial charge in [-0.05, 0) is 5.92 Å². The third-order valence-electron chi connectivity index (χ3n) is 1.01. The summed E-state index contributed by atoms with van der Waals surface area (Å²) in [6.07, 6.45) is 0.422. The van der Waals surface area contributed by atoms with E-state index >= 15 is 0 Å². The zero-order chi connectivity index (χ0) is 8.15. The standard InChI is InChI=1S/C6H12N2O2/c1-4(2)3-5(8-10)6(7)9/h4,10H,3H2,1-2H3,(H2,7,9)/b8-5-. The van der Waals surface area contributed by atoms with Crippen molar-refractivity contribution in [1.29, 1.82) is 0 Å². The van der Waals surface area contributed by atoms with Crippen molar-refractivity contribution in [3.63, 3.8) is 0 Å². The van der Waals surface area contributed by atoms with Crippen molar-refractivity contribution in [1.82, 2.24) is 0 Å².